The molecule has 0 aliphatic rings. The van der Waals surface area contributed by atoms with Crippen LogP contribution in [0.1, 0.15) is 56.6 Å². The number of nitrogens with one attached hydrogen (secondary N) is 1. The largest absolute Gasteiger partial charge is 0.491 e. The Bertz CT molecular complexity index is 799. The van der Waals surface area contributed by atoms with Gasteiger partial charge in [-0.1, -0.05) is 81.5 Å². The highest BCUT2D eigenvalue weighted by Gasteiger charge is 2.02. The number of carbonyl (C=O) groups is 1. The number of benzene rings is 2. The SMILES string of the molecule is CCCCCCCCc1ccc(OCCOCCOCCOCCNC(=O)OCc2ccccc2)cc1. The Morgan fingerprint density at radius 3 is 2.00 bits per heavy atom. The van der Waals surface area contributed by atoms with Crippen LogP contribution in [0.15, 0.2) is 54.6 Å². The van der Waals surface area contributed by atoms with Gasteiger partial charge in [-0.2, -0.15) is 0 Å². The number of unbranched alkanes of at least 4 members (excludes halogenated alkanes) is 5. The summed E-state index contributed by atoms with van der Waals surface area (Å²) in [5, 5.41) is 2.65. The molecule has 0 saturated carbocycles. The van der Waals surface area contributed by atoms with Crippen molar-refractivity contribution in [3.8, 4) is 5.75 Å². The zero-order valence-electron chi connectivity index (χ0n) is 22.5. The lowest BCUT2D eigenvalue weighted by molar-refractivity contribution is 0.00977. The predicted octanol–water partition coefficient (Wildman–Crippen LogP) is 5.94. The summed E-state index contributed by atoms with van der Waals surface area (Å²) in [6.45, 7) is 6.27. The summed E-state index contributed by atoms with van der Waals surface area (Å²) in [4.78, 5) is 11.6. The highest BCUT2D eigenvalue weighted by molar-refractivity contribution is 5.67. The number of alkyl carbamates (subject to hydrolysis) is 1. The van der Waals surface area contributed by atoms with E-state index in [-0.39, 0.29) is 6.61 Å². The molecule has 0 saturated heterocycles. The van der Waals surface area contributed by atoms with Gasteiger partial charge in [-0.25, -0.2) is 4.79 Å². The third-order valence-corrected chi connectivity index (χ3v) is 5.71. The van der Waals surface area contributed by atoms with Gasteiger partial charge in [0.25, 0.3) is 0 Å². The average molecular weight is 516 g/mol. The van der Waals surface area contributed by atoms with Crippen LogP contribution in [0.3, 0.4) is 0 Å². The van der Waals surface area contributed by atoms with Gasteiger partial charge in [0, 0.05) is 6.54 Å². The van der Waals surface area contributed by atoms with Crippen LogP contribution in [0, 0.1) is 0 Å². The molecule has 0 aliphatic carbocycles. The Balaban J connectivity index is 1.32. The molecule has 1 amide bonds. The Kier molecular flexibility index (Phi) is 17.8. The molecule has 37 heavy (non-hydrogen) atoms. The molecule has 1 N–H and O–H groups in total. The first-order valence-electron chi connectivity index (χ1n) is 13.7. The second-order valence-corrected chi connectivity index (χ2v) is 8.84. The van der Waals surface area contributed by atoms with Crippen LogP contribution in [0.25, 0.3) is 0 Å². The maximum absolute atomic E-state index is 11.6. The van der Waals surface area contributed by atoms with Crippen LogP contribution in [-0.2, 0) is 32.0 Å². The second kappa shape index (κ2) is 21.5. The Morgan fingerprint density at radius 2 is 1.30 bits per heavy atom. The summed E-state index contributed by atoms with van der Waals surface area (Å²) in [6, 6.07) is 18.0. The van der Waals surface area contributed by atoms with Crippen molar-refractivity contribution in [1.29, 1.82) is 0 Å². The van der Waals surface area contributed by atoms with E-state index in [0.29, 0.717) is 52.8 Å². The van der Waals surface area contributed by atoms with E-state index in [4.69, 9.17) is 23.7 Å². The smallest absolute Gasteiger partial charge is 0.407 e. The van der Waals surface area contributed by atoms with Crippen LogP contribution >= 0.6 is 0 Å². The summed E-state index contributed by atoms with van der Waals surface area (Å²) in [5.74, 6) is 0.877. The normalized spacial score (nSPS) is 10.8. The molecule has 0 heterocycles. The van der Waals surface area contributed by atoms with Crippen LogP contribution in [0.5, 0.6) is 5.75 Å². The molecule has 0 unspecified atom stereocenters. The second-order valence-electron chi connectivity index (χ2n) is 8.84. The van der Waals surface area contributed by atoms with Crippen LogP contribution in [0.4, 0.5) is 4.79 Å². The Labute approximate surface area is 222 Å². The van der Waals surface area contributed by atoms with Gasteiger partial charge in [0.05, 0.1) is 39.6 Å². The standard InChI is InChI=1S/C30H45NO6/c1-2-3-4-5-6-8-11-27-14-16-29(17-15-27)36-25-24-35-23-22-34-21-20-33-19-18-31-30(32)37-26-28-12-9-7-10-13-28/h7,9-10,12-17H,2-6,8,11,18-26H2,1H3,(H,31,32). The van der Waals surface area contributed by atoms with E-state index in [1.165, 1.54) is 44.1 Å². The van der Waals surface area contributed by atoms with Crippen LogP contribution in [-0.4, -0.2) is 58.9 Å². The average Bonchev–Trinajstić information content (AvgIpc) is 2.93. The first kappa shape index (κ1) is 30.6. The number of amides is 1. The number of hydrogen-bond donors (Lipinski definition) is 1. The van der Waals surface area contributed by atoms with E-state index in [1.54, 1.807) is 0 Å². The van der Waals surface area contributed by atoms with Crippen molar-refractivity contribution >= 4 is 6.09 Å². The minimum Gasteiger partial charge on any atom is -0.491 e. The number of aryl methyl sites for hydroxylation is 1. The van der Waals surface area contributed by atoms with Crippen LogP contribution < -0.4 is 10.1 Å². The maximum Gasteiger partial charge on any atom is 0.407 e. The summed E-state index contributed by atoms with van der Waals surface area (Å²) < 4.78 is 27.3. The van der Waals surface area contributed by atoms with E-state index in [2.05, 4.69) is 24.4 Å². The molecule has 7 heteroatoms. The monoisotopic (exact) mass is 515 g/mol. The molecule has 2 aromatic carbocycles. The van der Waals surface area contributed by atoms with Crippen molar-refractivity contribution in [2.24, 2.45) is 0 Å². The van der Waals surface area contributed by atoms with Crippen LogP contribution in [0.2, 0.25) is 0 Å². The number of carbonyl (C=O) groups excluding carboxylic acids is 1. The molecule has 0 radical (unpaired) electrons. The molecular formula is C30H45NO6. The van der Waals surface area contributed by atoms with Gasteiger partial charge in [-0.05, 0) is 36.1 Å². The van der Waals surface area contributed by atoms with E-state index in [1.807, 2.05) is 42.5 Å². The Hall–Kier alpha value is -2.61. The fraction of sp³-hybridized carbons (Fsp3) is 0.567. The van der Waals surface area contributed by atoms with Gasteiger partial charge < -0.3 is 29.0 Å². The lowest BCUT2D eigenvalue weighted by atomic mass is 10.0. The van der Waals surface area contributed by atoms with Crippen molar-refractivity contribution in [2.75, 3.05) is 52.8 Å². The summed E-state index contributed by atoms with van der Waals surface area (Å²) in [7, 11) is 0. The molecule has 206 valence electrons. The van der Waals surface area contributed by atoms with Gasteiger partial charge >= 0.3 is 6.09 Å². The Morgan fingerprint density at radius 1 is 0.676 bits per heavy atom. The molecule has 0 spiro atoms. The zero-order valence-corrected chi connectivity index (χ0v) is 22.5. The summed E-state index contributed by atoms with van der Waals surface area (Å²) >= 11 is 0. The zero-order chi connectivity index (χ0) is 26.2. The minimum absolute atomic E-state index is 0.252. The van der Waals surface area contributed by atoms with Crippen molar-refractivity contribution in [1.82, 2.24) is 5.32 Å². The van der Waals surface area contributed by atoms with Gasteiger partial charge in [-0.3, -0.25) is 0 Å². The molecule has 0 fully saturated rings. The van der Waals surface area contributed by atoms with Crippen molar-refractivity contribution in [2.45, 2.75) is 58.5 Å². The minimum atomic E-state index is -0.453. The molecule has 7 nitrogen and oxygen atoms in total. The molecule has 0 atom stereocenters. The molecule has 0 aliphatic heterocycles. The summed E-state index contributed by atoms with van der Waals surface area (Å²) in [6.07, 6.45) is 8.63. The lowest BCUT2D eigenvalue weighted by Crippen LogP contribution is -2.28. The third kappa shape index (κ3) is 16.7. The van der Waals surface area contributed by atoms with Gasteiger partial charge in [0.2, 0.25) is 0 Å². The number of rotatable bonds is 22. The van der Waals surface area contributed by atoms with E-state index >= 15 is 0 Å². The van der Waals surface area contributed by atoms with Crippen molar-refractivity contribution in [3.05, 3.63) is 65.7 Å². The highest BCUT2D eigenvalue weighted by atomic mass is 16.6. The molecule has 0 aromatic heterocycles. The van der Waals surface area contributed by atoms with Gasteiger partial charge in [0.15, 0.2) is 0 Å². The number of hydrogen-bond acceptors (Lipinski definition) is 6. The quantitative estimate of drug-likeness (QED) is 0.196. The van der Waals surface area contributed by atoms with Gasteiger partial charge in [-0.15, -0.1) is 0 Å². The lowest BCUT2D eigenvalue weighted by Gasteiger charge is -2.09. The first-order valence-corrected chi connectivity index (χ1v) is 13.7. The van der Waals surface area contributed by atoms with Crippen molar-refractivity contribution in [3.63, 3.8) is 0 Å². The van der Waals surface area contributed by atoms with E-state index in [9.17, 15) is 4.79 Å². The fourth-order valence-electron chi connectivity index (χ4n) is 3.62. The van der Waals surface area contributed by atoms with Crippen molar-refractivity contribution < 1.29 is 28.5 Å². The molecule has 0 bridgehead atoms. The first-order chi connectivity index (χ1) is 18.3. The van der Waals surface area contributed by atoms with E-state index in [0.717, 1.165) is 17.7 Å². The topological polar surface area (TPSA) is 75.3 Å². The predicted molar refractivity (Wildman–Crippen MR) is 146 cm³/mol. The van der Waals surface area contributed by atoms with E-state index < -0.39 is 6.09 Å². The van der Waals surface area contributed by atoms with Gasteiger partial charge in [0.1, 0.15) is 19.0 Å². The molecule has 2 rings (SSSR count). The molecular weight excluding hydrogens is 470 g/mol. The molecule has 2 aromatic rings. The fourth-order valence-corrected chi connectivity index (χ4v) is 3.62. The third-order valence-electron chi connectivity index (χ3n) is 5.71. The summed E-state index contributed by atoms with van der Waals surface area (Å²) in [5.41, 5.74) is 2.32. The number of ether oxygens (including phenoxy) is 5. The highest BCUT2D eigenvalue weighted by Crippen LogP contribution is 2.15. The maximum atomic E-state index is 11.6.